The summed E-state index contributed by atoms with van der Waals surface area (Å²) in [5.74, 6) is 1.39. The van der Waals surface area contributed by atoms with Gasteiger partial charge in [0.05, 0.1) is 26.2 Å². The van der Waals surface area contributed by atoms with E-state index < -0.39 is 0 Å². The minimum absolute atomic E-state index is 0.222. The summed E-state index contributed by atoms with van der Waals surface area (Å²) in [6, 6.07) is 12.1. The number of nitrogens with zero attached hydrogens (tertiary/aromatic N) is 3. The van der Waals surface area contributed by atoms with Crippen LogP contribution in [-0.4, -0.2) is 63.5 Å². The zero-order chi connectivity index (χ0) is 22.7. The SMILES string of the molecule is COc1cc(/C=C2/SC(N3CCN(c4ccccc4C)CC3)=NC2=O)cc(OC)c1OC. The number of hydrogen-bond donors (Lipinski definition) is 0. The number of amidine groups is 1. The van der Waals surface area contributed by atoms with E-state index in [1.807, 2.05) is 18.2 Å². The summed E-state index contributed by atoms with van der Waals surface area (Å²) >= 11 is 1.41. The second-order valence-corrected chi connectivity index (χ2v) is 8.54. The Morgan fingerprint density at radius 1 is 0.938 bits per heavy atom. The van der Waals surface area contributed by atoms with Crippen LogP contribution in [-0.2, 0) is 4.79 Å². The number of aryl methyl sites for hydroxylation is 1. The molecule has 0 N–H and O–H groups in total. The zero-order valence-corrected chi connectivity index (χ0v) is 19.6. The van der Waals surface area contributed by atoms with Gasteiger partial charge in [-0.2, -0.15) is 4.99 Å². The highest BCUT2D eigenvalue weighted by Gasteiger charge is 2.29. The van der Waals surface area contributed by atoms with E-state index in [0.29, 0.717) is 22.2 Å². The number of aliphatic imine (C=N–C) groups is 1. The molecule has 1 amide bonds. The fourth-order valence-corrected chi connectivity index (χ4v) is 4.89. The molecule has 168 valence electrons. The van der Waals surface area contributed by atoms with Crippen LogP contribution in [0.2, 0.25) is 0 Å². The molecule has 0 saturated carbocycles. The molecule has 0 aliphatic carbocycles. The predicted octanol–water partition coefficient (Wildman–Crippen LogP) is 3.81. The normalized spacial score (nSPS) is 17.6. The number of methoxy groups -OCH3 is 3. The quantitative estimate of drug-likeness (QED) is 0.638. The molecule has 0 bridgehead atoms. The first-order valence-corrected chi connectivity index (χ1v) is 11.2. The molecule has 0 atom stereocenters. The molecule has 32 heavy (non-hydrogen) atoms. The summed E-state index contributed by atoms with van der Waals surface area (Å²) in [5.41, 5.74) is 3.34. The van der Waals surface area contributed by atoms with E-state index in [1.54, 1.807) is 21.3 Å². The molecule has 2 aliphatic heterocycles. The molecular formula is C24H27N3O4S. The molecule has 0 unspecified atom stereocenters. The van der Waals surface area contributed by atoms with Gasteiger partial charge >= 0.3 is 0 Å². The summed E-state index contributed by atoms with van der Waals surface area (Å²) in [7, 11) is 4.71. The monoisotopic (exact) mass is 453 g/mol. The van der Waals surface area contributed by atoms with Crippen LogP contribution in [0.5, 0.6) is 17.2 Å². The molecule has 2 heterocycles. The Balaban J connectivity index is 1.46. The molecule has 2 aliphatic rings. The van der Waals surface area contributed by atoms with Crippen LogP contribution < -0.4 is 19.1 Å². The van der Waals surface area contributed by atoms with Crippen molar-refractivity contribution < 1.29 is 19.0 Å². The average molecular weight is 454 g/mol. The van der Waals surface area contributed by atoms with Gasteiger partial charge in [-0.3, -0.25) is 4.79 Å². The van der Waals surface area contributed by atoms with Crippen molar-refractivity contribution in [2.45, 2.75) is 6.92 Å². The molecule has 1 saturated heterocycles. The third-order valence-electron chi connectivity index (χ3n) is 5.60. The number of hydrogen-bond acceptors (Lipinski definition) is 7. The Kier molecular flexibility index (Phi) is 6.60. The third kappa shape index (κ3) is 4.41. The number of amides is 1. The van der Waals surface area contributed by atoms with Crippen molar-refractivity contribution in [2.24, 2.45) is 4.99 Å². The van der Waals surface area contributed by atoms with Gasteiger partial charge in [-0.1, -0.05) is 18.2 Å². The summed E-state index contributed by atoms with van der Waals surface area (Å²) < 4.78 is 16.2. The van der Waals surface area contributed by atoms with Gasteiger partial charge in [0.2, 0.25) is 5.75 Å². The number of carbonyl (C=O) groups is 1. The lowest BCUT2D eigenvalue weighted by Crippen LogP contribution is -2.48. The molecule has 4 rings (SSSR count). The Labute approximate surface area is 192 Å². The Morgan fingerprint density at radius 3 is 2.16 bits per heavy atom. The van der Waals surface area contributed by atoms with E-state index in [9.17, 15) is 4.79 Å². The Bertz CT molecular complexity index is 1050. The maximum atomic E-state index is 12.6. The molecule has 0 radical (unpaired) electrons. The van der Waals surface area contributed by atoms with Gasteiger partial charge < -0.3 is 24.0 Å². The van der Waals surface area contributed by atoms with Gasteiger partial charge in [0.1, 0.15) is 0 Å². The van der Waals surface area contributed by atoms with Crippen LogP contribution in [0, 0.1) is 6.92 Å². The van der Waals surface area contributed by atoms with Crippen molar-refractivity contribution in [3.63, 3.8) is 0 Å². The standard InChI is InChI=1S/C24H27N3O4S/c1-16-7-5-6-8-18(16)26-9-11-27(12-10-26)24-25-23(28)21(32-24)15-17-13-19(29-2)22(31-4)20(14-17)30-3/h5-8,13-15H,9-12H2,1-4H3/b21-15+. The molecular weight excluding hydrogens is 426 g/mol. The van der Waals surface area contributed by atoms with Crippen molar-refractivity contribution >= 4 is 34.6 Å². The molecule has 2 aromatic rings. The second kappa shape index (κ2) is 9.56. The average Bonchev–Trinajstić information content (AvgIpc) is 3.18. The van der Waals surface area contributed by atoms with E-state index >= 15 is 0 Å². The lowest BCUT2D eigenvalue weighted by molar-refractivity contribution is -0.113. The number of ether oxygens (including phenoxy) is 3. The van der Waals surface area contributed by atoms with E-state index in [2.05, 4.69) is 46.0 Å². The molecule has 1 fully saturated rings. The number of benzene rings is 2. The lowest BCUT2D eigenvalue weighted by Gasteiger charge is -2.37. The first kappa shape index (κ1) is 22.1. The highest BCUT2D eigenvalue weighted by Crippen LogP contribution is 2.40. The summed E-state index contributed by atoms with van der Waals surface area (Å²) in [6.07, 6.45) is 1.82. The van der Waals surface area contributed by atoms with Crippen LogP contribution in [0.15, 0.2) is 46.3 Å². The van der Waals surface area contributed by atoms with Gasteiger partial charge in [-0.05, 0) is 54.1 Å². The van der Waals surface area contributed by atoms with Crippen LogP contribution in [0.25, 0.3) is 6.08 Å². The molecule has 8 heteroatoms. The van der Waals surface area contributed by atoms with Crippen molar-refractivity contribution in [1.29, 1.82) is 0 Å². The van der Waals surface area contributed by atoms with E-state index in [1.165, 1.54) is 23.0 Å². The number of piperazine rings is 1. The fourth-order valence-electron chi connectivity index (χ4n) is 3.93. The van der Waals surface area contributed by atoms with Gasteiger partial charge in [0.15, 0.2) is 16.7 Å². The van der Waals surface area contributed by atoms with Gasteiger partial charge in [0, 0.05) is 31.9 Å². The number of rotatable bonds is 5. The van der Waals surface area contributed by atoms with Crippen molar-refractivity contribution in [1.82, 2.24) is 4.90 Å². The second-order valence-electron chi connectivity index (χ2n) is 7.53. The van der Waals surface area contributed by atoms with E-state index in [0.717, 1.165) is 36.9 Å². The van der Waals surface area contributed by atoms with Gasteiger partial charge in [-0.15, -0.1) is 0 Å². The molecule has 0 aromatic heterocycles. The van der Waals surface area contributed by atoms with Crippen LogP contribution in [0.3, 0.4) is 0 Å². The van der Waals surface area contributed by atoms with E-state index in [4.69, 9.17) is 14.2 Å². The number of para-hydroxylation sites is 1. The fraction of sp³-hybridized carbons (Fsp3) is 0.333. The van der Waals surface area contributed by atoms with Crippen LogP contribution in [0.1, 0.15) is 11.1 Å². The molecule has 0 spiro atoms. The molecule has 7 nitrogen and oxygen atoms in total. The minimum atomic E-state index is -0.222. The smallest absolute Gasteiger partial charge is 0.286 e. The van der Waals surface area contributed by atoms with Crippen molar-refractivity contribution in [2.75, 3.05) is 52.4 Å². The Morgan fingerprint density at radius 2 is 1.56 bits per heavy atom. The van der Waals surface area contributed by atoms with E-state index in [-0.39, 0.29) is 5.91 Å². The number of anilines is 1. The minimum Gasteiger partial charge on any atom is -0.493 e. The van der Waals surface area contributed by atoms with Crippen LogP contribution >= 0.6 is 11.8 Å². The van der Waals surface area contributed by atoms with Crippen molar-refractivity contribution in [3.8, 4) is 17.2 Å². The first-order chi connectivity index (χ1) is 15.5. The summed E-state index contributed by atoms with van der Waals surface area (Å²) in [6.45, 7) is 5.57. The zero-order valence-electron chi connectivity index (χ0n) is 18.8. The lowest BCUT2D eigenvalue weighted by atomic mass is 10.1. The third-order valence-corrected chi connectivity index (χ3v) is 6.64. The topological polar surface area (TPSA) is 63.6 Å². The molecule has 2 aromatic carbocycles. The highest BCUT2D eigenvalue weighted by atomic mass is 32.2. The highest BCUT2D eigenvalue weighted by molar-refractivity contribution is 8.18. The summed E-state index contributed by atoms with van der Waals surface area (Å²) in [4.78, 5) is 22.1. The summed E-state index contributed by atoms with van der Waals surface area (Å²) in [5, 5.41) is 0.762. The Hall–Kier alpha value is -3.13. The first-order valence-electron chi connectivity index (χ1n) is 10.4. The van der Waals surface area contributed by atoms with Crippen molar-refractivity contribution in [3.05, 3.63) is 52.4 Å². The maximum Gasteiger partial charge on any atom is 0.286 e. The van der Waals surface area contributed by atoms with Crippen LogP contribution in [0.4, 0.5) is 5.69 Å². The largest absolute Gasteiger partial charge is 0.493 e. The van der Waals surface area contributed by atoms with Gasteiger partial charge in [0.25, 0.3) is 5.91 Å². The van der Waals surface area contributed by atoms with Gasteiger partial charge in [-0.25, -0.2) is 0 Å². The predicted molar refractivity (Wildman–Crippen MR) is 129 cm³/mol. The number of thioether (sulfide) groups is 1. The number of carbonyl (C=O) groups excluding carboxylic acids is 1. The maximum absolute atomic E-state index is 12.6.